The van der Waals surface area contributed by atoms with Crippen LogP contribution in [0.4, 0.5) is 10.6 Å². The summed E-state index contributed by atoms with van der Waals surface area (Å²) in [5.41, 5.74) is 1.80. The number of pyridine rings is 1. The van der Waals surface area contributed by atoms with E-state index < -0.39 is 5.60 Å². The molecular weight excluding hydrogens is 350 g/mol. The maximum Gasteiger partial charge on any atom is 0.407 e. The third-order valence-electron chi connectivity index (χ3n) is 4.72. The van der Waals surface area contributed by atoms with Gasteiger partial charge in [-0.15, -0.1) is 0 Å². The molecule has 5 nitrogen and oxygen atoms in total. The van der Waals surface area contributed by atoms with Gasteiger partial charge in [0, 0.05) is 17.5 Å². The molecule has 5 heteroatoms. The summed E-state index contributed by atoms with van der Waals surface area (Å²) in [6.45, 7) is 11.8. The van der Waals surface area contributed by atoms with Crippen molar-refractivity contribution >= 4 is 22.8 Å². The molecule has 0 spiro atoms. The Morgan fingerprint density at radius 2 is 1.68 bits per heavy atom. The molecule has 1 saturated carbocycles. The zero-order valence-electron chi connectivity index (χ0n) is 18.1. The number of anilines is 1. The topological polar surface area (TPSA) is 63.2 Å². The quantitative estimate of drug-likeness (QED) is 0.699. The summed E-state index contributed by atoms with van der Waals surface area (Å²) in [4.78, 5) is 16.6. The molecule has 28 heavy (non-hydrogen) atoms. The van der Waals surface area contributed by atoms with Crippen molar-refractivity contribution in [2.75, 3.05) is 5.32 Å². The summed E-state index contributed by atoms with van der Waals surface area (Å²) in [5, 5.41) is 7.76. The Labute approximate surface area is 169 Å². The van der Waals surface area contributed by atoms with Gasteiger partial charge in [0.1, 0.15) is 11.4 Å². The number of ether oxygens (including phenoxy) is 1. The number of carbonyl (C=O) groups excluding carboxylic acids is 1. The Bertz CT molecular complexity index is 775. The third kappa shape index (κ3) is 6.39. The second-order valence-corrected chi connectivity index (χ2v) is 8.18. The number of benzene rings is 1. The third-order valence-corrected chi connectivity index (χ3v) is 4.72. The number of nitrogens with zero attached hydrogens (tertiary/aromatic N) is 1. The van der Waals surface area contributed by atoms with Crippen molar-refractivity contribution in [1.29, 1.82) is 0 Å². The summed E-state index contributed by atoms with van der Waals surface area (Å²) in [6.07, 6.45) is 3.59. The van der Waals surface area contributed by atoms with Gasteiger partial charge in [-0.1, -0.05) is 32.0 Å². The van der Waals surface area contributed by atoms with Gasteiger partial charge in [0.05, 0.1) is 5.52 Å². The molecule has 0 saturated heterocycles. The zero-order chi connectivity index (χ0) is 20.7. The highest BCUT2D eigenvalue weighted by Gasteiger charge is 2.25. The molecule has 1 aromatic carbocycles. The van der Waals surface area contributed by atoms with Gasteiger partial charge in [-0.3, -0.25) is 0 Å². The molecule has 0 bridgehead atoms. The van der Waals surface area contributed by atoms with E-state index in [4.69, 9.17) is 9.72 Å². The highest BCUT2D eigenvalue weighted by atomic mass is 16.6. The number of carbonyl (C=O) groups is 1. The van der Waals surface area contributed by atoms with Crippen LogP contribution in [0.25, 0.3) is 10.9 Å². The average Bonchev–Trinajstić information content (AvgIpc) is 2.63. The highest BCUT2D eigenvalue weighted by Crippen LogP contribution is 2.25. The molecule has 154 valence electrons. The fourth-order valence-corrected chi connectivity index (χ4v) is 3.49. The van der Waals surface area contributed by atoms with Crippen LogP contribution in [0.5, 0.6) is 0 Å². The van der Waals surface area contributed by atoms with Gasteiger partial charge < -0.3 is 15.4 Å². The molecule has 1 fully saturated rings. The molecule has 1 amide bonds. The fraction of sp³-hybridized carbons (Fsp3) is 0.565. The van der Waals surface area contributed by atoms with E-state index in [1.54, 1.807) is 0 Å². The number of amides is 1. The molecule has 0 unspecified atom stereocenters. The minimum Gasteiger partial charge on any atom is -0.444 e. The summed E-state index contributed by atoms with van der Waals surface area (Å²) in [6, 6.07) is 10.9. The van der Waals surface area contributed by atoms with E-state index >= 15 is 0 Å². The summed E-state index contributed by atoms with van der Waals surface area (Å²) in [7, 11) is 0. The molecule has 2 N–H and O–H groups in total. The largest absolute Gasteiger partial charge is 0.444 e. The van der Waals surface area contributed by atoms with E-state index in [2.05, 4.69) is 35.8 Å². The van der Waals surface area contributed by atoms with E-state index in [9.17, 15) is 4.79 Å². The van der Waals surface area contributed by atoms with E-state index in [1.165, 1.54) is 10.9 Å². The maximum atomic E-state index is 11.9. The lowest BCUT2D eigenvalue weighted by molar-refractivity contribution is 0.0492. The number of nitrogens with one attached hydrogen (secondary N) is 2. The SMILES string of the molecule is CC.Cc1cc(NC2CCC(NC(=O)OC(C)(C)C)CC2)nc2ccccc12. The lowest BCUT2D eigenvalue weighted by Gasteiger charge is -2.30. The lowest BCUT2D eigenvalue weighted by atomic mass is 9.91. The summed E-state index contributed by atoms with van der Waals surface area (Å²) >= 11 is 0. The Hall–Kier alpha value is -2.30. The number of aromatic nitrogens is 1. The maximum absolute atomic E-state index is 11.9. The highest BCUT2D eigenvalue weighted by molar-refractivity contribution is 5.83. The average molecular weight is 386 g/mol. The molecular formula is C23H35N3O2. The molecule has 2 aromatic rings. The van der Waals surface area contributed by atoms with Gasteiger partial charge in [-0.25, -0.2) is 9.78 Å². The second-order valence-electron chi connectivity index (χ2n) is 8.18. The number of fused-ring (bicyclic) bond motifs is 1. The first-order valence-electron chi connectivity index (χ1n) is 10.4. The van der Waals surface area contributed by atoms with Crippen LogP contribution in [0, 0.1) is 6.92 Å². The Morgan fingerprint density at radius 1 is 1.07 bits per heavy atom. The molecule has 1 aromatic heterocycles. The number of hydrogen-bond donors (Lipinski definition) is 2. The van der Waals surface area contributed by atoms with Crippen LogP contribution in [-0.2, 0) is 4.74 Å². The van der Waals surface area contributed by atoms with Crippen molar-refractivity contribution in [2.24, 2.45) is 0 Å². The van der Waals surface area contributed by atoms with Crippen molar-refractivity contribution < 1.29 is 9.53 Å². The number of alkyl carbamates (subject to hydrolysis) is 1. The van der Waals surface area contributed by atoms with Crippen molar-refractivity contribution in [3.8, 4) is 0 Å². The monoisotopic (exact) mass is 385 g/mol. The predicted octanol–water partition coefficient (Wildman–Crippen LogP) is 5.82. The zero-order valence-corrected chi connectivity index (χ0v) is 18.1. The fourth-order valence-electron chi connectivity index (χ4n) is 3.49. The molecule has 1 heterocycles. The number of rotatable bonds is 3. The number of aryl methyl sites for hydroxylation is 1. The van der Waals surface area contributed by atoms with E-state index in [-0.39, 0.29) is 12.1 Å². The van der Waals surface area contributed by atoms with E-state index in [1.807, 2.05) is 46.8 Å². The molecule has 1 aliphatic rings. The molecule has 1 aliphatic carbocycles. The second kappa shape index (κ2) is 9.76. The number of para-hydroxylation sites is 1. The Morgan fingerprint density at radius 3 is 2.32 bits per heavy atom. The Kier molecular flexibility index (Phi) is 7.67. The minimum atomic E-state index is -0.456. The van der Waals surface area contributed by atoms with Crippen LogP contribution < -0.4 is 10.6 Å². The van der Waals surface area contributed by atoms with Gasteiger partial charge in [0.25, 0.3) is 0 Å². The standard InChI is InChI=1S/C21H29N3O2.C2H6/c1-14-13-19(24-18-8-6-5-7-17(14)18)22-15-9-11-16(12-10-15)23-20(25)26-21(2,3)4;1-2/h5-8,13,15-16H,9-12H2,1-4H3,(H,22,24)(H,23,25);1-2H3. The van der Waals surface area contributed by atoms with Gasteiger partial charge >= 0.3 is 6.09 Å². The van der Waals surface area contributed by atoms with Crippen molar-refractivity contribution in [3.05, 3.63) is 35.9 Å². The van der Waals surface area contributed by atoms with Crippen LogP contribution in [0.1, 0.15) is 65.9 Å². The predicted molar refractivity (Wildman–Crippen MR) is 117 cm³/mol. The van der Waals surface area contributed by atoms with Gasteiger partial charge in [-0.2, -0.15) is 0 Å². The first kappa shape index (κ1) is 22.0. The summed E-state index contributed by atoms with van der Waals surface area (Å²) < 4.78 is 5.34. The number of hydrogen-bond acceptors (Lipinski definition) is 4. The molecule has 0 atom stereocenters. The van der Waals surface area contributed by atoms with Crippen molar-refractivity contribution in [2.45, 2.75) is 84.9 Å². The van der Waals surface area contributed by atoms with Crippen LogP contribution in [0.3, 0.4) is 0 Å². The van der Waals surface area contributed by atoms with Gasteiger partial charge in [0.15, 0.2) is 0 Å². The summed E-state index contributed by atoms with van der Waals surface area (Å²) in [5.74, 6) is 0.935. The van der Waals surface area contributed by atoms with Gasteiger partial charge in [0.2, 0.25) is 0 Å². The molecule has 0 radical (unpaired) electrons. The molecule has 3 rings (SSSR count). The van der Waals surface area contributed by atoms with E-state index in [0.29, 0.717) is 6.04 Å². The van der Waals surface area contributed by atoms with Crippen LogP contribution in [0.2, 0.25) is 0 Å². The first-order chi connectivity index (χ1) is 13.3. The van der Waals surface area contributed by atoms with Crippen molar-refractivity contribution in [3.63, 3.8) is 0 Å². The van der Waals surface area contributed by atoms with Crippen LogP contribution >= 0.6 is 0 Å². The smallest absolute Gasteiger partial charge is 0.407 e. The van der Waals surface area contributed by atoms with Gasteiger partial charge in [-0.05, 0) is 71.1 Å². The Balaban J connectivity index is 0.00000136. The minimum absolute atomic E-state index is 0.189. The normalized spacial score (nSPS) is 19.4. The van der Waals surface area contributed by atoms with Crippen molar-refractivity contribution in [1.82, 2.24) is 10.3 Å². The van der Waals surface area contributed by atoms with E-state index in [0.717, 1.165) is 37.0 Å². The van der Waals surface area contributed by atoms with Crippen LogP contribution in [0.15, 0.2) is 30.3 Å². The lowest BCUT2D eigenvalue weighted by Crippen LogP contribution is -2.42. The first-order valence-corrected chi connectivity index (χ1v) is 10.4. The van der Waals surface area contributed by atoms with Crippen LogP contribution in [-0.4, -0.2) is 28.8 Å². The molecule has 0 aliphatic heterocycles.